The fourth-order valence-electron chi connectivity index (χ4n) is 2.61. The summed E-state index contributed by atoms with van der Waals surface area (Å²) in [6.45, 7) is 5.57. The summed E-state index contributed by atoms with van der Waals surface area (Å²) in [7, 11) is 1.75. The zero-order chi connectivity index (χ0) is 17.4. The molecule has 0 spiro atoms. The van der Waals surface area contributed by atoms with E-state index in [1.807, 2.05) is 12.1 Å². The van der Waals surface area contributed by atoms with Crippen molar-refractivity contribution in [2.24, 2.45) is 7.05 Å². The van der Waals surface area contributed by atoms with Crippen molar-refractivity contribution in [1.29, 1.82) is 0 Å². The number of carbonyl (C=O) groups is 2. The van der Waals surface area contributed by atoms with E-state index in [1.165, 1.54) is 16.9 Å². The Morgan fingerprint density at radius 2 is 2.04 bits per heavy atom. The first-order chi connectivity index (χ1) is 11.4. The lowest BCUT2D eigenvalue weighted by Gasteiger charge is -2.01. The minimum absolute atomic E-state index is 0.351. The van der Waals surface area contributed by atoms with E-state index in [0.717, 1.165) is 16.6 Å². The lowest BCUT2D eigenvalue weighted by atomic mass is 10.1. The number of thiazole rings is 1. The smallest absolute Gasteiger partial charge is 0.295 e. The summed E-state index contributed by atoms with van der Waals surface area (Å²) in [4.78, 5) is 29.1. The van der Waals surface area contributed by atoms with Crippen LogP contribution in [0.2, 0.25) is 0 Å². The third kappa shape index (κ3) is 2.82. The van der Waals surface area contributed by atoms with Crippen molar-refractivity contribution in [3.63, 3.8) is 0 Å². The first-order valence-corrected chi connectivity index (χ1v) is 8.47. The average Bonchev–Trinajstić information content (AvgIpc) is 3.06. The molecule has 0 aliphatic carbocycles. The number of aryl methyl sites for hydroxylation is 3. The topological polar surface area (TPSA) is 76.9 Å². The number of fused-ring (bicyclic) bond motifs is 1. The normalized spacial score (nSPS) is 11.0. The van der Waals surface area contributed by atoms with Crippen molar-refractivity contribution in [3.8, 4) is 0 Å². The van der Waals surface area contributed by atoms with Crippen LogP contribution in [-0.2, 0) is 18.3 Å². The number of aromatic nitrogens is 3. The molecule has 0 aliphatic rings. The number of carbonyl (C=O) groups excluding carboxylic acids is 2. The maximum Gasteiger partial charge on any atom is 0.298 e. The molecule has 1 aromatic carbocycles. The van der Waals surface area contributed by atoms with E-state index in [0.29, 0.717) is 22.1 Å². The maximum absolute atomic E-state index is 12.4. The van der Waals surface area contributed by atoms with Gasteiger partial charge in [0, 0.05) is 12.7 Å². The fraction of sp³-hybridized carbons (Fsp3) is 0.294. The quantitative estimate of drug-likeness (QED) is 0.584. The highest BCUT2D eigenvalue weighted by atomic mass is 32.1. The molecule has 0 saturated carbocycles. The number of hydrogen-bond acceptors (Lipinski definition) is 5. The van der Waals surface area contributed by atoms with Crippen molar-refractivity contribution >= 4 is 38.4 Å². The van der Waals surface area contributed by atoms with Crippen LogP contribution in [0.25, 0.3) is 10.2 Å². The standard InChI is InChI=1S/C17H18N4O2S/c1-5-11-6-7-12-13(8-11)24-17(18-12)19-16(23)15(22)14-9(2)20-21(4)10(14)3/h6-8H,5H2,1-4H3,(H,18,19,23). The zero-order valence-corrected chi connectivity index (χ0v) is 14.8. The lowest BCUT2D eigenvalue weighted by molar-refractivity contribution is -0.112. The first kappa shape index (κ1) is 16.3. The van der Waals surface area contributed by atoms with Gasteiger partial charge in [0.15, 0.2) is 5.13 Å². The summed E-state index contributed by atoms with van der Waals surface area (Å²) in [5.41, 5.74) is 3.59. The van der Waals surface area contributed by atoms with Gasteiger partial charge in [-0.2, -0.15) is 5.10 Å². The Balaban J connectivity index is 1.85. The molecular formula is C17H18N4O2S. The molecule has 0 atom stereocenters. The average molecular weight is 342 g/mol. The van der Waals surface area contributed by atoms with Gasteiger partial charge in [0.25, 0.3) is 11.7 Å². The lowest BCUT2D eigenvalue weighted by Crippen LogP contribution is -2.23. The Morgan fingerprint density at radius 3 is 2.67 bits per heavy atom. The van der Waals surface area contributed by atoms with Gasteiger partial charge in [-0.05, 0) is 38.0 Å². The van der Waals surface area contributed by atoms with E-state index >= 15 is 0 Å². The van der Waals surface area contributed by atoms with E-state index in [4.69, 9.17) is 0 Å². The fourth-order valence-corrected chi connectivity index (χ4v) is 3.54. The Kier molecular flexibility index (Phi) is 4.19. The van der Waals surface area contributed by atoms with Gasteiger partial charge in [0.05, 0.1) is 21.5 Å². The number of anilines is 1. The van der Waals surface area contributed by atoms with E-state index in [2.05, 4.69) is 28.4 Å². The van der Waals surface area contributed by atoms with Gasteiger partial charge >= 0.3 is 0 Å². The molecule has 1 N–H and O–H groups in total. The third-order valence-corrected chi connectivity index (χ3v) is 4.96. The van der Waals surface area contributed by atoms with Crippen LogP contribution in [0.15, 0.2) is 18.2 Å². The highest BCUT2D eigenvalue weighted by Crippen LogP contribution is 2.27. The van der Waals surface area contributed by atoms with E-state index in [-0.39, 0.29) is 0 Å². The molecule has 0 aliphatic heterocycles. The summed E-state index contributed by atoms with van der Waals surface area (Å²) < 4.78 is 2.59. The molecule has 0 saturated heterocycles. The molecule has 7 heteroatoms. The predicted octanol–water partition coefficient (Wildman–Crippen LogP) is 3.03. The van der Waals surface area contributed by atoms with Crippen molar-refractivity contribution in [2.45, 2.75) is 27.2 Å². The van der Waals surface area contributed by atoms with E-state index < -0.39 is 11.7 Å². The number of ketones is 1. The van der Waals surface area contributed by atoms with Gasteiger partial charge in [-0.15, -0.1) is 0 Å². The highest BCUT2D eigenvalue weighted by Gasteiger charge is 2.24. The van der Waals surface area contributed by atoms with E-state index in [9.17, 15) is 9.59 Å². The predicted molar refractivity (Wildman–Crippen MR) is 94.6 cm³/mol. The molecule has 24 heavy (non-hydrogen) atoms. The Labute approximate surface area is 143 Å². The van der Waals surface area contributed by atoms with Crippen molar-refractivity contribution in [2.75, 3.05) is 5.32 Å². The first-order valence-electron chi connectivity index (χ1n) is 7.66. The molecule has 1 amide bonds. The highest BCUT2D eigenvalue weighted by molar-refractivity contribution is 7.22. The number of nitrogens with one attached hydrogen (secondary N) is 1. The van der Waals surface area contributed by atoms with Crippen LogP contribution in [-0.4, -0.2) is 26.5 Å². The summed E-state index contributed by atoms with van der Waals surface area (Å²) in [6, 6.07) is 6.00. The van der Waals surface area contributed by atoms with Crippen LogP contribution in [0.4, 0.5) is 5.13 Å². The molecule has 2 heterocycles. The Morgan fingerprint density at radius 1 is 1.29 bits per heavy atom. The molecule has 3 rings (SSSR count). The van der Waals surface area contributed by atoms with Crippen LogP contribution < -0.4 is 5.32 Å². The molecule has 0 radical (unpaired) electrons. The number of hydrogen-bond donors (Lipinski definition) is 1. The maximum atomic E-state index is 12.4. The van der Waals surface area contributed by atoms with Crippen molar-refractivity contribution in [1.82, 2.24) is 14.8 Å². The van der Waals surface area contributed by atoms with Crippen LogP contribution in [0.5, 0.6) is 0 Å². The molecule has 6 nitrogen and oxygen atoms in total. The summed E-state index contributed by atoms with van der Waals surface area (Å²) in [5.74, 6) is -1.28. The van der Waals surface area contributed by atoms with Crippen LogP contribution >= 0.6 is 11.3 Å². The minimum Gasteiger partial charge on any atom is -0.295 e. The molecule has 3 aromatic rings. The van der Waals surface area contributed by atoms with Crippen LogP contribution in [0.1, 0.15) is 34.2 Å². The van der Waals surface area contributed by atoms with Gasteiger partial charge in [0.2, 0.25) is 0 Å². The summed E-state index contributed by atoms with van der Waals surface area (Å²) in [6.07, 6.45) is 0.938. The molecular weight excluding hydrogens is 324 g/mol. The van der Waals surface area contributed by atoms with Gasteiger partial charge in [0.1, 0.15) is 0 Å². The van der Waals surface area contributed by atoms with Gasteiger partial charge in [-0.3, -0.25) is 19.6 Å². The zero-order valence-electron chi connectivity index (χ0n) is 14.0. The summed E-state index contributed by atoms with van der Waals surface area (Å²) in [5, 5.41) is 7.22. The van der Waals surface area contributed by atoms with Crippen molar-refractivity contribution in [3.05, 3.63) is 40.7 Å². The van der Waals surface area contributed by atoms with Gasteiger partial charge < -0.3 is 0 Å². The summed E-state index contributed by atoms with van der Waals surface area (Å²) >= 11 is 1.37. The second-order valence-corrected chi connectivity index (χ2v) is 6.66. The monoisotopic (exact) mass is 342 g/mol. The number of benzene rings is 1. The SMILES string of the molecule is CCc1ccc2nc(NC(=O)C(=O)c3c(C)nn(C)c3C)sc2c1. The molecule has 124 valence electrons. The Bertz CT molecular complexity index is 955. The van der Waals surface area contributed by atoms with Crippen LogP contribution in [0.3, 0.4) is 0 Å². The van der Waals surface area contributed by atoms with Gasteiger partial charge in [-0.1, -0.05) is 24.3 Å². The molecule has 0 fully saturated rings. The van der Waals surface area contributed by atoms with Crippen molar-refractivity contribution < 1.29 is 9.59 Å². The second-order valence-electron chi connectivity index (χ2n) is 5.63. The molecule has 0 bridgehead atoms. The number of Topliss-reactive ketones (excluding diaryl/α,β-unsaturated/α-hetero) is 1. The molecule has 2 aromatic heterocycles. The third-order valence-electron chi connectivity index (χ3n) is 4.02. The molecule has 0 unspecified atom stereocenters. The number of nitrogens with zero attached hydrogens (tertiary/aromatic N) is 3. The number of rotatable bonds is 4. The Hall–Kier alpha value is -2.54. The van der Waals surface area contributed by atoms with Gasteiger partial charge in [-0.25, -0.2) is 4.98 Å². The number of amides is 1. The minimum atomic E-state index is -0.691. The largest absolute Gasteiger partial charge is 0.298 e. The van der Waals surface area contributed by atoms with E-state index in [1.54, 1.807) is 25.6 Å². The second kappa shape index (κ2) is 6.16. The van der Waals surface area contributed by atoms with Crippen LogP contribution in [0, 0.1) is 13.8 Å².